The van der Waals surface area contributed by atoms with Gasteiger partial charge in [0.05, 0.1) is 18.5 Å². The average Bonchev–Trinajstić information content (AvgIpc) is 2.36. The summed E-state index contributed by atoms with van der Waals surface area (Å²) in [7, 11) is -3.53. The molecule has 1 aliphatic rings. The highest BCUT2D eigenvalue weighted by atomic mass is 32.2. The summed E-state index contributed by atoms with van der Waals surface area (Å²) in [6.07, 6.45) is 1.79. The van der Waals surface area contributed by atoms with Crippen molar-refractivity contribution >= 4 is 21.6 Å². The molecule has 0 radical (unpaired) electrons. The van der Waals surface area contributed by atoms with Crippen LogP contribution >= 0.6 is 11.8 Å². The van der Waals surface area contributed by atoms with Crippen LogP contribution in [-0.4, -0.2) is 51.1 Å². The summed E-state index contributed by atoms with van der Waals surface area (Å²) in [4.78, 5) is 1.79. The van der Waals surface area contributed by atoms with Gasteiger partial charge in [0, 0.05) is 13.1 Å². The van der Waals surface area contributed by atoms with Crippen molar-refractivity contribution in [3.63, 3.8) is 0 Å². The Kier molecular flexibility index (Phi) is 5.50. The summed E-state index contributed by atoms with van der Waals surface area (Å²) in [5.41, 5.74) is 0. The zero-order chi connectivity index (χ0) is 13.8. The minimum Gasteiger partial charge on any atom is -0.378 e. The molecule has 1 aliphatic heterocycles. The van der Waals surface area contributed by atoms with E-state index in [0.717, 1.165) is 0 Å². The molecular weight excluding hydrogens is 272 g/mol. The maximum Gasteiger partial charge on any atom is 0.193 e. The van der Waals surface area contributed by atoms with Crippen LogP contribution in [-0.2, 0) is 14.6 Å². The van der Waals surface area contributed by atoms with Gasteiger partial charge in [-0.1, -0.05) is 0 Å². The van der Waals surface area contributed by atoms with Gasteiger partial charge < -0.3 is 9.64 Å². The molecule has 7 heteroatoms. The summed E-state index contributed by atoms with van der Waals surface area (Å²) in [5, 5.41) is 9.13. The Bertz CT molecular complexity index is 457. The van der Waals surface area contributed by atoms with Crippen LogP contribution in [0.25, 0.3) is 0 Å². The molecule has 5 nitrogen and oxygen atoms in total. The second-order valence-electron chi connectivity index (χ2n) is 4.14. The molecule has 0 atom stereocenters. The van der Waals surface area contributed by atoms with E-state index in [-0.39, 0.29) is 4.91 Å². The van der Waals surface area contributed by atoms with Crippen molar-refractivity contribution in [2.24, 2.45) is 0 Å². The summed E-state index contributed by atoms with van der Waals surface area (Å²) in [5.74, 6) is 0. The zero-order valence-electron chi connectivity index (χ0n) is 10.8. The molecule has 0 N–H and O–H groups in total. The Morgan fingerprint density at radius 1 is 1.39 bits per heavy atom. The van der Waals surface area contributed by atoms with Crippen LogP contribution in [0.1, 0.15) is 13.8 Å². The third kappa shape index (κ3) is 3.19. The molecule has 0 spiro atoms. The van der Waals surface area contributed by atoms with Gasteiger partial charge in [-0.05, 0) is 20.1 Å². The number of rotatable bonds is 4. The Hall–Kier alpha value is -0.710. The molecule has 1 saturated heterocycles. The summed E-state index contributed by atoms with van der Waals surface area (Å²) >= 11 is 1.30. The van der Waals surface area contributed by atoms with E-state index in [1.807, 2.05) is 11.0 Å². The van der Waals surface area contributed by atoms with Gasteiger partial charge in [-0.2, -0.15) is 5.26 Å². The van der Waals surface area contributed by atoms with Crippen molar-refractivity contribution in [3.8, 4) is 6.07 Å². The maximum absolute atomic E-state index is 12.2. The van der Waals surface area contributed by atoms with Gasteiger partial charge in [0.25, 0.3) is 0 Å². The fourth-order valence-corrected chi connectivity index (χ4v) is 3.84. The topological polar surface area (TPSA) is 70.4 Å². The summed E-state index contributed by atoms with van der Waals surface area (Å²) < 4.78 is 29.5. The van der Waals surface area contributed by atoms with Crippen LogP contribution in [0.2, 0.25) is 0 Å². The van der Waals surface area contributed by atoms with Crippen molar-refractivity contribution in [2.75, 3.05) is 32.6 Å². The lowest BCUT2D eigenvalue weighted by molar-refractivity contribution is 0.0576. The highest BCUT2D eigenvalue weighted by Gasteiger charge is 2.28. The van der Waals surface area contributed by atoms with Crippen LogP contribution in [0.3, 0.4) is 0 Å². The number of allylic oxidation sites excluding steroid dienone is 1. The Morgan fingerprint density at radius 2 is 1.94 bits per heavy atom. The van der Waals surface area contributed by atoms with E-state index in [1.165, 1.54) is 11.8 Å². The van der Waals surface area contributed by atoms with Gasteiger partial charge in [0.2, 0.25) is 0 Å². The van der Waals surface area contributed by atoms with E-state index >= 15 is 0 Å². The van der Waals surface area contributed by atoms with Crippen molar-refractivity contribution in [2.45, 2.75) is 19.1 Å². The monoisotopic (exact) mass is 290 g/mol. The molecule has 0 aromatic heterocycles. The smallest absolute Gasteiger partial charge is 0.193 e. The largest absolute Gasteiger partial charge is 0.378 e. The highest BCUT2D eigenvalue weighted by Crippen LogP contribution is 2.27. The van der Waals surface area contributed by atoms with E-state index < -0.39 is 15.1 Å². The number of hydrogen-bond acceptors (Lipinski definition) is 6. The van der Waals surface area contributed by atoms with E-state index in [0.29, 0.717) is 31.3 Å². The number of nitrogens with zero attached hydrogens (tertiary/aromatic N) is 2. The number of morpholine rings is 1. The van der Waals surface area contributed by atoms with E-state index in [4.69, 9.17) is 4.74 Å². The predicted octanol–water partition coefficient (Wildman–Crippen LogP) is 1.20. The minimum atomic E-state index is -3.53. The lowest BCUT2D eigenvalue weighted by atomic mass is 10.4. The number of ether oxygens (including phenoxy) is 1. The van der Waals surface area contributed by atoms with Gasteiger partial charge in [-0.15, -0.1) is 11.8 Å². The molecule has 18 heavy (non-hydrogen) atoms. The fraction of sp³-hybridized carbons (Fsp3) is 0.727. The molecule has 0 unspecified atom stereocenters. The summed E-state index contributed by atoms with van der Waals surface area (Å²) in [6, 6.07) is 1.86. The standard InChI is InChI=1S/C11H18N2O3S2/c1-9(2)18(14,15)10(8-12)11(17-3)13-4-6-16-7-5-13/h9H,4-7H2,1-3H3/b11-10+. The number of hydrogen-bond donors (Lipinski definition) is 0. The minimum absolute atomic E-state index is 0.119. The SMILES string of the molecule is CS/C(=C(\C#N)S(=O)(=O)C(C)C)N1CCOCC1. The second-order valence-corrected chi connectivity index (χ2v) is 7.38. The molecule has 1 heterocycles. The van der Waals surface area contributed by atoms with E-state index in [9.17, 15) is 13.7 Å². The first-order chi connectivity index (χ1) is 8.45. The van der Waals surface area contributed by atoms with Crippen molar-refractivity contribution in [1.82, 2.24) is 4.90 Å². The second kappa shape index (κ2) is 6.45. The first-order valence-electron chi connectivity index (χ1n) is 5.70. The summed E-state index contributed by atoms with van der Waals surface area (Å²) in [6.45, 7) is 5.53. The lowest BCUT2D eigenvalue weighted by Gasteiger charge is -2.30. The lowest BCUT2D eigenvalue weighted by Crippen LogP contribution is -2.36. The van der Waals surface area contributed by atoms with Gasteiger partial charge in [-0.3, -0.25) is 0 Å². The van der Waals surface area contributed by atoms with Gasteiger partial charge >= 0.3 is 0 Å². The molecule has 0 aromatic carbocycles. The molecule has 102 valence electrons. The molecule has 1 fully saturated rings. The first kappa shape index (κ1) is 15.3. The normalized spacial score (nSPS) is 18.5. The maximum atomic E-state index is 12.2. The van der Waals surface area contributed by atoms with Gasteiger partial charge in [0.15, 0.2) is 14.7 Å². The van der Waals surface area contributed by atoms with E-state index in [1.54, 1.807) is 20.1 Å². The number of thioether (sulfide) groups is 1. The first-order valence-corrected chi connectivity index (χ1v) is 8.47. The Morgan fingerprint density at radius 3 is 2.33 bits per heavy atom. The molecule has 0 aliphatic carbocycles. The Balaban J connectivity index is 3.21. The third-order valence-corrected chi connectivity index (χ3v) is 5.77. The quantitative estimate of drug-likeness (QED) is 0.725. The van der Waals surface area contributed by atoms with Crippen LogP contribution in [0.15, 0.2) is 9.93 Å². The van der Waals surface area contributed by atoms with Crippen LogP contribution in [0, 0.1) is 11.3 Å². The highest BCUT2D eigenvalue weighted by molar-refractivity contribution is 8.04. The Labute approximate surface area is 113 Å². The van der Waals surface area contributed by atoms with Crippen LogP contribution in [0.5, 0.6) is 0 Å². The molecule has 0 bridgehead atoms. The number of sulfone groups is 1. The third-order valence-electron chi connectivity index (χ3n) is 2.69. The molecular formula is C11H18N2O3S2. The molecule has 0 aromatic rings. The predicted molar refractivity (Wildman–Crippen MR) is 72.6 cm³/mol. The van der Waals surface area contributed by atoms with Gasteiger partial charge in [-0.25, -0.2) is 8.42 Å². The van der Waals surface area contributed by atoms with E-state index in [2.05, 4.69) is 0 Å². The molecule has 1 rings (SSSR count). The zero-order valence-corrected chi connectivity index (χ0v) is 12.5. The van der Waals surface area contributed by atoms with Crippen LogP contribution in [0.4, 0.5) is 0 Å². The van der Waals surface area contributed by atoms with Gasteiger partial charge in [0.1, 0.15) is 11.1 Å². The van der Waals surface area contributed by atoms with Crippen molar-refractivity contribution < 1.29 is 13.2 Å². The van der Waals surface area contributed by atoms with Crippen LogP contribution < -0.4 is 0 Å². The molecule has 0 amide bonds. The molecule has 0 saturated carbocycles. The average molecular weight is 290 g/mol. The van der Waals surface area contributed by atoms with Crippen molar-refractivity contribution in [3.05, 3.63) is 9.93 Å². The fourth-order valence-electron chi connectivity index (χ4n) is 1.60. The van der Waals surface area contributed by atoms with Crippen molar-refractivity contribution in [1.29, 1.82) is 5.26 Å². The number of nitriles is 1.